The van der Waals surface area contributed by atoms with Gasteiger partial charge in [-0.15, -0.1) is 0 Å². The van der Waals surface area contributed by atoms with Crippen LogP contribution in [0.3, 0.4) is 0 Å². The van der Waals surface area contributed by atoms with Crippen LogP contribution in [0.25, 0.3) is 0 Å². The van der Waals surface area contributed by atoms with E-state index in [1.54, 1.807) is 0 Å². The van der Waals surface area contributed by atoms with Gasteiger partial charge in [0.25, 0.3) is 0 Å². The van der Waals surface area contributed by atoms with Crippen LogP contribution in [0.4, 0.5) is 0 Å². The maximum atomic E-state index is 3.64. The van der Waals surface area contributed by atoms with Gasteiger partial charge in [-0.3, -0.25) is 0 Å². The molecule has 0 amide bonds. The van der Waals surface area contributed by atoms with Gasteiger partial charge in [0.1, 0.15) is 0 Å². The second-order valence-corrected chi connectivity index (χ2v) is 4.18. The second-order valence-electron chi connectivity index (χ2n) is 4.18. The van der Waals surface area contributed by atoms with Crippen molar-refractivity contribution in [3.63, 3.8) is 0 Å². The Labute approximate surface area is 111 Å². The normalized spacial score (nSPS) is 7.71. The largest absolute Gasteiger partial charge is 3.00 e. The summed E-state index contributed by atoms with van der Waals surface area (Å²) < 4.78 is 0. The second kappa shape index (κ2) is 23.6. The van der Waals surface area contributed by atoms with Gasteiger partial charge in [0.15, 0.2) is 0 Å². The van der Waals surface area contributed by atoms with Gasteiger partial charge in [-0.25, -0.2) is 0 Å². The summed E-state index contributed by atoms with van der Waals surface area (Å²) in [5.41, 5.74) is 0. The predicted molar refractivity (Wildman–Crippen MR) is 64.2 cm³/mol. The molecule has 2 N–H and O–H groups in total. The van der Waals surface area contributed by atoms with Gasteiger partial charge in [0.05, 0.1) is 0 Å². The van der Waals surface area contributed by atoms with Crippen LogP contribution in [0.1, 0.15) is 41.5 Å². The fraction of sp³-hybridized carbons (Fsp3) is 0.750. The molecule has 0 saturated heterocycles. The molecular weight excluding hydrogens is 251 g/mol. The molecule has 0 bridgehead atoms. The van der Waals surface area contributed by atoms with Crippen molar-refractivity contribution in [3.05, 3.63) is 20.8 Å². The van der Waals surface area contributed by atoms with Crippen LogP contribution in [-0.2, 0) is 26.2 Å². The molecule has 0 aliphatic rings. The van der Waals surface area contributed by atoms with Crippen molar-refractivity contribution in [1.29, 1.82) is 0 Å². The van der Waals surface area contributed by atoms with E-state index in [0.29, 0.717) is 17.8 Å². The molecule has 0 aromatic heterocycles. The third-order valence-electron chi connectivity index (χ3n) is 0. The summed E-state index contributed by atoms with van der Waals surface area (Å²) in [5.74, 6) is 1.75. The Hall–Kier alpha value is 0.843. The summed E-state index contributed by atoms with van der Waals surface area (Å²) in [6.07, 6.45) is 0. The van der Waals surface area contributed by atoms with Crippen LogP contribution < -0.4 is 0 Å². The zero-order valence-electron chi connectivity index (χ0n) is 10.9. The van der Waals surface area contributed by atoms with E-state index < -0.39 is 0 Å². The molecule has 2 heteroatoms. The Morgan fingerprint density at radius 2 is 0.571 bits per heavy atom. The molecule has 0 aromatic rings. The molecule has 0 aliphatic carbocycles. The van der Waals surface area contributed by atoms with Gasteiger partial charge in [0, 0.05) is 0 Å². The Bertz CT molecular complexity index is 38.8. The van der Waals surface area contributed by atoms with E-state index in [-0.39, 0.29) is 31.7 Å². The van der Waals surface area contributed by atoms with E-state index in [4.69, 9.17) is 0 Å². The van der Waals surface area contributed by atoms with Crippen molar-refractivity contribution < 1.29 is 31.7 Å². The average molecular weight is 281 g/mol. The topological polar surface area (TPSA) is 31.5 Å². The fourth-order valence-corrected chi connectivity index (χ4v) is 0. The molecule has 0 heterocycles. The molecule has 87 valence electrons. The monoisotopic (exact) mass is 279 g/mol. The summed E-state index contributed by atoms with van der Waals surface area (Å²) in [6, 6.07) is 0. The van der Waals surface area contributed by atoms with Gasteiger partial charge in [-0.2, -0.15) is 17.8 Å². The van der Waals surface area contributed by atoms with Crippen LogP contribution >= 0.6 is 0 Å². The minimum absolute atomic E-state index is 0. The van der Waals surface area contributed by atoms with Crippen molar-refractivity contribution in [2.24, 2.45) is 17.8 Å². The Morgan fingerprint density at radius 3 is 0.571 bits per heavy atom. The quantitative estimate of drug-likeness (QED) is 0.607. The molecule has 1 nitrogen and oxygen atoms in total. The molecule has 0 aromatic carbocycles. The molecule has 0 saturated carbocycles. The van der Waals surface area contributed by atoms with Crippen LogP contribution in [0.5, 0.6) is 0 Å². The van der Waals surface area contributed by atoms with Gasteiger partial charge < -0.3 is 26.2 Å². The first-order valence-corrected chi connectivity index (χ1v) is 4.69. The summed E-state index contributed by atoms with van der Waals surface area (Å²) in [6.45, 7) is 23.2. The Balaban J connectivity index is -0.0000000270. The van der Waals surface area contributed by atoms with Crippen LogP contribution in [0.2, 0.25) is 0 Å². The summed E-state index contributed by atoms with van der Waals surface area (Å²) in [4.78, 5) is 0. The van der Waals surface area contributed by atoms with E-state index in [0.717, 1.165) is 0 Å². The van der Waals surface area contributed by atoms with E-state index in [2.05, 4.69) is 62.3 Å². The first-order chi connectivity index (χ1) is 5.20. The average Bonchev–Trinajstić information content (AvgIpc) is 1.54. The smallest absolute Gasteiger partial charge is 0.412 e. The van der Waals surface area contributed by atoms with Crippen LogP contribution in [0.15, 0.2) is 0 Å². The molecule has 0 unspecified atom stereocenters. The molecule has 0 rings (SSSR count). The summed E-state index contributed by atoms with van der Waals surface area (Å²) in [7, 11) is 0. The van der Waals surface area contributed by atoms with Crippen LogP contribution in [-0.4, -0.2) is 5.48 Å². The SMILES string of the molecule is O.[CH2-]C(C)C.[CH2-]C(C)C.[CH2-]C(C)C.[Zr+3]. The summed E-state index contributed by atoms with van der Waals surface area (Å²) in [5, 5.41) is 0. The fourth-order valence-electron chi connectivity index (χ4n) is 0. The molecule has 1 radical (unpaired) electrons. The minimum Gasteiger partial charge on any atom is -0.412 e. The first kappa shape index (κ1) is 29.4. The zero-order valence-corrected chi connectivity index (χ0v) is 13.3. The molecule has 0 spiro atoms. The van der Waals surface area contributed by atoms with E-state index in [1.165, 1.54) is 0 Å². The number of rotatable bonds is 0. The number of hydrogen-bond donors (Lipinski definition) is 0. The van der Waals surface area contributed by atoms with Gasteiger partial charge >= 0.3 is 26.2 Å². The van der Waals surface area contributed by atoms with Gasteiger partial charge in [-0.05, 0) is 0 Å². The predicted octanol–water partition coefficient (Wildman–Crippen LogP) is 3.60. The van der Waals surface area contributed by atoms with E-state index in [1.807, 2.05) is 0 Å². The van der Waals surface area contributed by atoms with Crippen molar-refractivity contribution in [3.8, 4) is 0 Å². The van der Waals surface area contributed by atoms with Crippen molar-refractivity contribution in [2.75, 3.05) is 0 Å². The first-order valence-electron chi connectivity index (χ1n) is 4.69. The maximum absolute atomic E-state index is 3.64. The summed E-state index contributed by atoms with van der Waals surface area (Å²) >= 11 is 0. The van der Waals surface area contributed by atoms with Gasteiger partial charge in [-0.1, -0.05) is 41.5 Å². The molecule has 0 atom stereocenters. The number of hydrogen-bond acceptors (Lipinski definition) is 0. The van der Waals surface area contributed by atoms with E-state index in [9.17, 15) is 0 Å². The maximum Gasteiger partial charge on any atom is 3.00 e. The molecule has 0 aliphatic heterocycles. The molecular formula is C12H29OZr. The Kier molecular flexibility index (Phi) is 49.4. The third kappa shape index (κ3) is 2530. The Morgan fingerprint density at radius 1 is 0.571 bits per heavy atom. The van der Waals surface area contributed by atoms with Crippen molar-refractivity contribution in [2.45, 2.75) is 41.5 Å². The zero-order chi connectivity index (χ0) is 10.7. The van der Waals surface area contributed by atoms with Gasteiger partial charge in [0.2, 0.25) is 0 Å². The molecule has 14 heavy (non-hydrogen) atoms. The van der Waals surface area contributed by atoms with Crippen molar-refractivity contribution >= 4 is 0 Å². The minimum atomic E-state index is 0. The third-order valence-corrected chi connectivity index (χ3v) is 0. The van der Waals surface area contributed by atoms with Crippen molar-refractivity contribution in [1.82, 2.24) is 0 Å². The van der Waals surface area contributed by atoms with E-state index >= 15 is 0 Å². The molecule has 0 fully saturated rings. The van der Waals surface area contributed by atoms with Crippen LogP contribution in [0, 0.1) is 38.5 Å². The standard InChI is InChI=1S/3C4H9.H2O.Zr/c3*1-4(2)3;;/h3*4H,1H2,2-3H3;1H2;/q3*-1;;+3.